The van der Waals surface area contributed by atoms with Crippen LogP contribution in [-0.4, -0.2) is 28.8 Å². The van der Waals surface area contributed by atoms with Crippen LogP contribution >= 0.6 is 0 Å². The number of nitrogens with zero attached hydrogens (tertiary/aromatic N) is 1. The van der Waals surface area contributed by atoms with Crippen LogP contribution < -0.4 is 5.73 Å². The smallest absolute Gasteiger partial charge is 0.240 e. The highest BCUT2D eigenvalue weighted by atomic mass is 16.5. The average Bonchev–Trinajstić information content (AvgIpc) is 2.34. The molecule has 1 fully saturated rings. The Morgan fingerprint density at radius 2 is 2.00 bits per heavy atom. The fourth-order valence-electron chi connectivity index (χ4n) is 1.69. The van der Waals surface area contributed by atoms with Crippen LogP contribution in [0.3, 0.4) is 0 Å². The van der Waals surface area contributed by atoms with Crippen molar-refractivity contribution >= 4 is 5.91 Å². The molecule has 0 radical (unpaired) electrons. The lowest BCUT2D eigenvalue weighted by Crippen LogP contribution is -2.52. The lowest BCUT2D eigenvalue weighted by Gasteiger charge is -2.30. The number of rotatable bonds is 2. The fourth-order valence-corrected chi connectivity index (χ4v) is 1.69. The van der Waals surface area contributed by atoms with Gasteiger partial charge in [-0.1, -0.05) is 12.8 Å². The average molecular weight is 158 g/mol. The Hall–Kier alpha value is -0.610. The second kappa shape index (κ2) is 2.79. The monoisotopic (exact) mass is 158 g/mol. The molecule has 1 saturated carbocycles. The van der Waals surface area contributed by atoms with Crippen LogP contribution in [0.25, 0.3) is 0 Å². The van der Waals surface area contributed by atoms with E-state index in [2.05, 4.69) is 0 Å². The van der Waals surface area contributed by atoms with Gasteiger partial charge in [-0.05, 0) is 12.8 Å². The summed E-state index contributed by atoms with van der Waals surface area (Å²) >= 11 is 0. The van der Waals surface area contributed by atoms with E-state index in [4.69, 9.17) is 5.73 Å². The Bertz CT molecular complexity index is 162. The van der Waals surface area contributed by atoms with Crippen LogP contribution in [0.1, 0.15) is 25.7 Å². The van der Waals surface area contributed by atoms with Gasteiger partial charge >= 0.3 is 0 Å². The van der Waals surface area contributed by atoms with E-state index >= 15 is 0 Å². The van der Waals surface area contributed by atoms with Crippen molar-refractivity contribution in [1.29, 1.82) is 0 Å². The molecule has 0 bridgehead atoms. The third kappa shape index (κ3) is 1.23. The first-order valence-corrected chi connectivity index (χ1v) is 3.82. The van der Waals surface area contributed by atoms with Crippen LogP contribution in [0.15, 0.2) is 0 Å². The van der Waals surface area contributed by atoms with Crippen LogP contribution in [0.5, 0.6) is 0 Å². The highest BCUT2D eigenvalue weighted by Gasteiger charge is 2.42. The van der Waals surface area contributed by atoms with Gasteiger partial charge in [0.15, 0.2) is 0 Å². The first-order valence-electron chi connectivity index (χ1n) is 3.82. The normalized spacial score (nSPS) is 22.5. The van der Waals surface area contributed by atoms with Gasteiger partial charge in [-0.2, -0.15) is 5.06 Å². The van der Waals surface area contributed by atoms with Crippen molar-refractivity contribution in [3.05, 3.63) is 0 Å². The van der Waals surface area contributed by atoms with Crippen LogP contribution in [0.2, 0.25) is 0 Å². The van der Waals surface area contributed by atoms with Gasteiger partial charge in [-0.15, -0.1) is 0 Å². The Labute approximate surface area is 65.9 Å². The van der Waals surface area contributed by atoms with Crippen molar-refractivity contribution < 1.29 is 10.0 Å². The minimum atomic E-state index is -0.778. The summed E-state index contributed by atoms with van der Waals surface area (Å²) in [5, 5.41) is 10.2. The standard InChI is InChI=1S/C7H14N2O2/c1-9(11)7(6(8)10)4-2-3-5-7/h11H,2-5H2,1H3,(H2,8,10). The molecule has 11 heavy (non-hydrogen) atoms. The highest BCUT2D eigenvalue weighted by molar-refractivity contribution is 5.84. The van der Waals surface area contributed by atoms with Crippen LogP contribution in [0, 0.1) is 0 Å². The molecular formula is C7H14N2O2. The van der Waals surface area contributed by atoms with Crippen molar-refractivity contribution in [3.63, 3.8) is 0 Å². The molecular weight excluding hydrogens is 144 g/mol. The van der Waals surface area contributed by atoms with E-state index in [9.17, 15) is 10.0 Å². The molecule has 1 rings (SSSR count). The number of hydrogen-bond acceptors (Lipinski definition) is 3. The third-order valence-corrected chi connectivity index (χ3v) is 2.51. The Morgan fingerprint density at radius 1 is 1.55 bits per heavy atom. The first kappa shape index (κ1) is 8.49. The number of hydroxylamine groups is 2. The summed E-state index contributed by atoms with van der Waals surface area (Å²) in [6.45, 7) is 0. The van der Waals surface area contributed by atoms with Crippen molar-refractivity contribution in [3.8, 4) is 0 Å². The quantitative estimate of drug-likeness (QED) is 0.560. The van der Waals surface area contributed by atoms with Crippen molar-refractivity contribution in [1.82, 2.24) is 5.06 Å². The minimum absolute atomic E-state index is 0.417. The summed E-state index contributed by atoms with van der Waals surface area (Å²) in [5.74, 6) is -0.417. The third-order valence-electron chi connectivity index (χ3n) is 2.51. The second-order valence-corrected chi connectivity index (χ2v) is 3.13. The van der Waals surface area contributed by atoms with E-state index in [1.807, 2.05) is 0 Å². The predicted molar refractivity (Wildman–Crippen MR) is 39.9 cm³/mol. The van der Waals surface area contributed by atoms with Crippen molar-refractivity contribution in [2.24, 2.45) is 5.73 Å². The van der Waals surface area contributed by atoms with Crippen LogP contribution in [0.4, 0.5) is 0 Å². The molecule has 0 heterocycles. The van der Waals surface area contributed by atoms with E-state index in [1.54, 1.807) is 0 Å². The molecule has 3 N–H and O–H groups in total. The summed E-state index contributed by atoms with van der Waals surface area (Å²) < 4.78 is 0. The molecule has 0 aromatic rings. The van der Waals surface area contributed by atoms with Gasteiger partial charge in [0.2, 0.25) is 5.91 Å². The van der Waals surface area contributed by atoms with E-state index in [-0.39, 0.29) is 0 Å². The molecule has 0 aromatic heterocycles. The minimum Gasteiger partial charge on any atom is -0.368 e. The molecule has 4 heteroatoms. The maximum absolute atomic E-state index is 11.0. The number of likely N-dealkylation sites (N-methyl/N-ethyl adjacent to an activating group) is 1. The largest absolute Gasteiger partial charge is 0.368 e. The maximum Gasteiger partial charge on any atom is 0.240 e. The van der Waals surface area contributed by atoms with Gasteiger partial charge in [-0.3, -0.25) is 4.79 Å². The summed E-state index contributed by atoms with van der Waals surface area (Å²) in [4.78, 5) is 11.0. The summed E-state index contributed by atoms with van der Waals surface area (Å²) in [7, 11) is 1.48. The van der Waals surface area contributed by atoms with Gasteiger partial charge in [0.05, 0.1) is 0 Å². The van der Waals surface area contributed by atoms with E-state index in [0.717, 1.165) is 17.9 Å². The van der Waals surface area contributed by atoms with Gasteiger partial charge < -0.3 is 10.9 Å². The summed E-state index contributed by atoms with van der Waals surface area (Å²) in [5.41, 5.74) is 4.42. The number of primary amides is 1. The fraction of sp³-hybridized carbons (Fsp3) is 0.857. The summed E-state index contributed by atoms with van der Waals surface area (Å²) in [6, 6.07) is 0. The van der Waals surface area contributed by atoms with E-state index in [1.165, 1.54) is 7.05 Å². The molecule has 1 amide bonds. The zero-order valence-corrected chi connectivity index (χ0v) is 6.71. The van der Waals surface area contributed by atoms with Crippen molar-refractivity contribution in [2.75, 3.05) is 7.05 Å². The van der Waals surface area contributed by atoms with Crippen LogP contribution in [-0.2, 0) is 4.79 Å². The molecule has 4 nitrogen and oxygen atoms in total. The zero-order valence-electron chi connectivity index (χ0n) is 6.71. The molecule has 1 aliphatic carbocycles. The lowest BCUT2D eigenvalue weighted by atomic mass is 9.97. The number of amides is 1. The van der Waals surface area contributed by atoms with Crippen molar-refractivity contribution in [2.45, 2.75) is 31.2 Å². The molecule has 0 unspecified atom stereocenters. The maximum atomic E-state index is 11.0. The Balaban J connectivity index is 2.79. The predicted octanol–water partition coefficient (Wildman–Crippen LogP) is 0.105. The molecule has 1 aliphatic rings. The Morgan fingerprint density at radius 3 is 2.18 bits per heavy atom. The highest BCUT2D eigenvalue weighted by Crippen LogP contribution is 2.32. The molecule has 0 aromatic carbocycles. The summed E-state index contributed by atoms with van der Waals surface area (Å²) in [6.07, 6.45) is 3.28. The van der Waals surface area contributed by atoms with Gasteiger partial charge in [0, 0.05) is 7.05 Å². The molecule has 0 aliphatic heterocycles. The van der Waals surface area contributed by atoms with E-state index < -0.39 is 11.4 Å². The Kier molecular flexibility index (Phi) is 2.15. The number of carbonyl (C=O) groups excluding carboxylic acids is 1. The topological polar surface area (TPSA) is 66.6 Å². The van der Waals surface area contributed by atoms with Gasteiger partial charge in [0.1, 0.15) is 5.54 Å². The zero-order chi connectivity index (χ0) is 8.48. The SMILES string of the molecule is CN(O)C1(C(N)=O)CCCC1. The lowest BCUT2D eigenvalue weighted by molar-refractivity contribution is -0.169. The number of nitrogens with two attached hydrogens (primary N) is 1. The second-order valence-electron chi connectivity index (χ2n) is 3.13. The number of hydrogen-bond donors (Lipinski definition) is 2. The van der Waals surface area contributed by atoms with Gasteiger partial charge in [0.25, 0.3) is 0 Å². The molecule has 0 saturated heterocycles. The molecule has 64 valence electrons. The number of carbonyl (C=O) groups is 1. The first-order chi connectivity index (χ1) is 5.09. The molecule has 0 atom stereocenters. The van der Waals surface area contributed by atoms with E-state index in [0.29, 0.717) is 12.8 Å². The molecule has 0 spiro atoms. The van der Waals surface area contributed by atoms with Gasteiger partial charge in [-0.25, -0.2) is 0 Å².